The fourth-order valence-electron chi connectivity index (χ4n) is 2.34. The maximum atomic E-state index is 5.86. The molecule has 3 aromatic rings. The van der Waals surface area contributed by atoms with E-state index in [1.807, 2.05) is 42.6 Å². The van der Waals surface area contributed by atoms with E-state index in [4.69, 9.17) is 4.74 Å². The summed E-state index contributed by atoms with van der Waals surface area (Å²) in [7, 11) is 0. The Morgan fingerprint density at radius 2 is 1.54 bits per heavy atom. The summed E-state index contributed by atoms with van der Waals surface area (Å²) in [6, 6.07) is 22.4. The Labute approximate surface area is 149 Å². The largest absolute Gasteiger partial charge is 1.00 e. The average Bonchev–Trinajstić information content (AvgIpc) is 2.62. The number of nitrogens with zero attached hydrogens (tertiary/aromatic N) is 1. The van der Waals surface area contributed by atoms with Gasteiger partial charge in [0.25, 0.3) is 0 Å². The van der Waals surface area contributed by atoms with Crippen LogP contribution in [0.5, 0.6) is 5.75 Å². The van der Waals surface area contributed by atoms with Gasteiger partial charge in [-0.05, 0) is 34.9 Å². The number of nitrogens with one attached hydrogen (secondary N) is 1. The summed E-state index contributed by atoms with van der Waals surface area (Å²) in [6.45, 7) is 2.20. The number of ether oxygens (including phenoxy) is 1. The summed E-state index contributed by atoms with van der Waals surface area (Å²) >= 11 is 0. The molecule has 0 radical (unpaired) electrons. The highest BCUT2D eigenvalue weighted by molar-refractivity contribution is 5.29. The number of hydrogen-bond donors (Lipinski definition) is 1. The van der Waals surface area contributed by atoms with E-state index < -0.39 is 0 Å². The van der Waals surface area contributed by atoms with Crippen molar-refractivity contribution in [1.82, 2.24) is 10.3 Å². The second kappa shape index (κ2) is 9.71. The van der Waals surface area contributed by atoms with Gasteiger partial charge in [-0.1, -0.05) is 48.5 Å². The van der Waals surface area contributed by atoms with Crippen molar-refractivity contribution in [3.8, 4) is 5.75 Å². The highest BCUT2D eigenvalue weighted by atomic mass is 35.5. The summed E-state index contributed by atoms with van der Waals surface area (Å²) < 4.78 is 5.86. The van der Waals surface area contributed by atoms with Crippen LogP contribution in [0.15, 0.2) is 79.1 Å². The van der Waals surface area contributed by atoms with E-state index in [0.717, 1.165) is 18.8 Å². The second-order valence-corrected chi connectivity index (χ2v) is 5.39. The van der Waals surface area contributed by atoms with Gasteiger partial charge in [-0.2, -0.15) is 0 Å². The first-order chi connectivity index (χ1) is 11.4. The minimum atomic E-state index is 0. The van der Waals surface area contributed by atoms with Crippen LogP contribution in [0.1, 0.15) is 16.7 Å². The van der Waals surface area contributed by atoms with Crippen LogP contribution in [-0.2, 0) is 19.7 Å². The fraction of sp³-hybridized carbons (Fsp3) is 0.150. The Hall–Kier alpha value is -2.36. The molecule has 0 atom stereocenters. The van der Waals surface area contributed by atoms with E-state index in [1.165, 1.54) is 16.7 Å². The predicted octanol–water partition coefficient (Wildman–Crippen LogP) is 0.954. The van der Waals surface area contributed by atoms with Gasteiger partial charge < -0.3 is 22.5 Å². The van der Waals surface area contributed by atoms with Gasteiger partial charge in [0, 0.05) is 25.5 Å². The molecule has 24 heavy (non-hydrogen) atoms. The molecule has 3 rings (SSSR count). The molecule has 124 valence electrons. The molecular weight excluding hydrogens is 320 g/mol. The van der Waals surface area contributed by atoms with Gasteiger partial charge in [0.2, 0.25) is 0 Å². The van der Waals surface area contributed by atoms with Crippen LogP contribution in [0.3, 0.4) is 0 Å². The number of benzene rings is 2. The van der Waals surface area contributed by atoms with Crippen molar-refractivity contribution >= 4 is 0 Å². The van der Waals surface area contributed by atoms with Gasteiger partial charge in [-0.15, -0.1) is 0 Å². The first-order valence-electron chi connectivity index (χ1n) is 7.75. The smallest absolute Gasteiger partial charge is 0.120 e. The lowest BCUT2D eigenvalue weighted by Gasteiger charge is -2.09. The van der Waals surface area contributed by atoms with Crippen molar-refractivity contribution in [2.24, 2.45) is 0 Å². The van der Waals surface area contributed by atoms with Gasteiger partial charge in [0.05, 0.1) is 0 Å². The molecule has 0 unspecified atom stereocenters. The molecule has 0 aliphatic heterocycles. The Morgan fingerprint density at radius 1 is 0.792 bits per heavy atom. The molecule has 1 heterocycles. The molecule has 2 aromatic carbocycles. The molecule has 1 N–H and O–H groups in total. The van der Waals surface area contributed by atoms with Crippen LogP contribution in [0.2, 0.25) is 0 Å². The van der Waals surface area contributed by atoms with E-state index in [-0.39, 0.29) is 12.4 Å². The van der Waals surface area contributed by atoms with Crippen LogP contribution in [0.25, 0.3) is 0 Å². The minimum Gasteiger partial charge on any atom is -1.00 e. The quantitative estimate of drug-likeness (QED) is 0.696. The van der Waals surface area contributed by atoms with Crippen molar-refractivity contribution in [3.05, 3.63) is 95.8 Å². The Kier molecular flexibility index (Phi) is 7.27. The molecular formula is C20H20ClN2O-. The Balaban J connectivity index is 0.00000208. The van der Waals surface area contributed by atoms with Crippen molar-refractivity contribution in [3.63, 3.8) is 0 Å². The van der Waals surface area contributed by atoms with E-state index in [0.29, 0.717) is 6.61 Å². The molecule has 0 amide bonds. The highest BCUT2D eigenvalue weighted by Gasteiger charge is 1.99. The number of pyridine rings is 1. The maximum Gasteiger partial charge on any atom is 0.120 e. The van der Waals surface area contributed by atoms with Crippen molar-refractivity contribution in [1.29, 1.82) is 0 Å². The van der Waals surface area contributed by atoms with Crippen LogP contribution < -0.4 is 22.5 Å². The van der Waals surface area contributed by atoms with E-state index in [2.05, 4.69) is 40.6 Å². The lowest BCUT2D eigenvalue weighted by molar-refractivity contribution is -0.00000508. The molecule has 0 aliphatic rings. The zero-order valence-electron chi connectivity index (χ0n) is 13.4. The molecule has 0 saturated carbocycles. The zero-order chi connectivity index (χ0) is 15.7. The second-order valence-electron chi connectivity index (χ2n) is 5.39. The standard InChI is InChI=1S/C20H20N2O.ClH/c1-2-6-17(7-3-1)16-23-20-10-4-8-18(12-20)13-22-15-19-9-5-11-21-14-19;/h1-12,14,22H,13,15-16H2;1H/p-1. The van der Waals surface area contributed by atoms with Crippen LogP contribution in [-0.4, -0.2) is 4.98 Å². The van der Waals surface area contributed by atoms with Gasteiger partial charge in [0.1, 0.15) is 12.4 Å². The third-order valence-electron chi connectivity index (χ3n) is 3.53. The topological polar surface area (TPSA) is 34.1 Å². The maximum absolute atomic E-state index is 5.86. The molecule has 0 aliphatic carbocycles. The van der Waals surface area contributed by atoms with E-state index in [9.17, 15) is 0 Å². The van der Waals surface area contributed by atoms with Crippen LogP contribution in [0.4, 0.5) is 0 Å². The van der Waals surface area contributed by atoms with Crippen LogP contribution >= 0.6 is 0 Å². The van der Waals surface area contributed by atoms with Gasteiger partial charge in [-0.3, -0.25) is 4.98 Å². The van der Waals surface area contributed by atoms with E-state index >= 15 is 0 Å². The molecule has 0 saturated heterocycles. The SMILES string of the molecule is [Cl-].c1ccc(COc2cccc(CNCc3cccnc3)c2)cc1. The average molecular weight is 340 g/mol. The molecule has 0 spiro atoms. The van der Waals surface area contributed by atoms with E-state index in [1.54, 1.807) is 6.20 Å². The summed E-state index contributed by atoms with van der Waals surface area (Å²) in [6.07, 6.45) is 3.67. The number of hydrogen-bond acceptors (Lipinski definition) is 3. The number of halogens is 1. The van der Waals surface area contributed by atoms with Gasteiger partial charge in [-0.25, -0.2) is 0 Å². The highest BCUT2D eigenvalue weighted by Crippen LogP contribution is 2.15. The minimum absolute atomic E-state index is 0. The zero-order valence-corrected chi connectivity index (χ0v) is 14.1. The van der Waals surface area contributed by atoms with Gasteiger partial charge in [0.15, 0.2) is 0 Å². The predicted molar refractivity (Wildman–Crippen MR) is 92.0 cm³/mol. The third-order valence-corrected chi connectivity index (χ3v) is 3.53. The number of rotatable bonds is 7. The molecule has 1 aromatic heterocycles. The first-order valence-corrected chi connectivity index (χ1v) is 7.75. The molecule has 3 nitrogen and oxygen atoms in total. The normalized spacial score (nSPS) is 10.0. The third kappa shape index (κ3) is 5.69. The summed E-state index contributed by atoms with van der Waals surface area (Å²) in [5.41, 5.74) is 3.57. The number of aromatic nitrogens is 1. The molecule has 0 fully saturated rings. The van der Waals surface area contributed by atoms with Crippen molar-refractivity contribution < 1.29 is 17.1 Å². The summed E-state index contributed by atoms with van der Waals surface area (Å²) in [4.78, 5) is 4.12. The van der Waals surface area contributed by atoms with Gasteiger partial charge >= 0.3 is 0 Å². The Morgan fingerprint density at radius 3 is 2.33 bits per heavy atom. The first kappa shape index (κ1) is 18.0. The monoisotopic (exact) mass is 339 g/mol. The van der Waals surface area contributed by atoms with Crippen molar-refractivity contribution in [2.45, 2.75) is 19.7 Å². The van der Waals surface area contributed by atoms with Crippen molar-refractivity contribution in [2.75, 3.05) is 0 Å². The lowest BCUT2D eigenvalue weighted by atomic mass is 10.2. The summed E-state index contributed by atoms with van der Waals surface area (Å²) in [5.74, 6) is 0.898. The Bertz CT molecular complexity index is 720. The summed E-state index contributed by atoms with van der Waals surface area (Å²) in [5, 5.41) is 3.42. The molecule has 0 bridgehead atoms. The lowest BCUT2D eigenvalue weighted by Crippen LogP contribution is -3.00. The van der Waals surface area contributed by atoms with Crippen LogP contribution in [0, 0.1) is 0 Å². The fourth-order valence-corrected chi connectivity index (χ4v) is 2.34. The molecule has 4 heteroatoms.